The molecule has 0 fully saturated rings. The van der Waals surface area contributed by atoms with Crippen LogP contribution in [0.4, 0.5) is 5.69 Å². The minimum absolute atomic E-state index is 0.0834. The summed E-state index contributed by atoms with van der Waals surface area (Å²) in [6, 6.07) is 20.2. The van der Waals surface area contributed by atoms with Gasteiger partial charge in [0, 0.05) is 35.1 Å². The highest BCUT2D eigenvalue weighted by Crippen LogP contribution is 2.28. The van der Waals surface area contributed by atoms with Crippen LogP contribution < -0.4 is 9.62 Å². The molecule has 0 unspecified atom stereocenters. The molecule has 0 aliphatic rings. The Morgan fingerprint density at radius 1 is 0.923 bits per heavy atom. The highest BCUT2D eigenvalue weighted by atomic mass is 35.5. The lowest BCUT2D eigenvalue weighted by Crippen LogP contribution is -2.53. The highest BCUT2D eigenvalue weighted by Gasteiger charge is 2.33. The maximum absolute atomic E-state index is 14.0. The monoisotopic (exact) mass is 589 g/mol. The van der Waals surface area contributed by atoms with Gasteiger partial charge in [0.25, 0.3) is 0 Å². The molecule has 7 nitrogen and oxygen atoms in total. The Morgan fingerprint density at radius 2 is 1.54 bits per heavy atom. The Hall–Kier alpha value is -3.07. The van der Waals surface area contributed by atoms with Crippen LogP contribution in [0, 0.1) is 6.92 Å². The molecule has 0 saturated carbocycles. The largest absolute Gasteiger partial charge is 0.354 e. The second-order valence-electron chi connectivity index (χ2n) is 9.32. The van der Waals surface area contributed by atoms with Crippen LogP contribution in [0.5, 0.6) is 0 Å². The van der Waals surface area contributed by atoms with Crippen LogP contribution in [-0.4, -0.2) is 50.5 Å². The molecule has 208 valence electrons. The highest BCUT2D eigenvalue weighted by molar-refractivity contribution is 7.92. The molecule has 0 spiro atoms. The molecule has 0 radical (unpaired) electrons. The number of carbonyl (C=O) groups is 2. The van der Waals surface area contributed by atoms with Gasteiger partial charge in [-0.3, -0.25) is 13.9 Å². The first kappa shape index (κ1) is 30.5. The summed E-state index contributed by atoms with van der Waals surface area (Å²) in [5.74, 6) is -0.914. The summed E-state index contributed by atoms with van der Waals surface area (Å²) in [4.78, 5) is 28.9. The molecular formula is C29H33Cl2N3O4S. The quantitative estimate of drug-likeness (QED) is 0.313. The van der Waals surface area contributed by atoms with Crippen molar-refractivity contribution in [1.82, 2.24) is 10.2 Å². The van der Waals surface area contributed by atoms with E-state index < -0.39 is 28.5 Å². The van der Waals surface area contributed by atoms with Crippen LogP contribution in [0.3, 0.4) is 0 Å². The van der Waals surface area contributed by atoms with Gasteiger partial charge in [-0.1, -0.05) is 84.2 Å². The van der Waals surface area contributed by atoms with E-state index in [9.17, 15) is 18.0 Å². The fourth-order valence-electron chi connectivity index (χ4n) is 4.10. The van der Waals surface area contributed by atoms with E-state index in [2.05, 4.69) is 5.32 Å². The zero-order valence-corrected chi connectivity index (χ0v) is 24.6. The fraction of sp³-hybridized carbons (Fsp3) is 0.310. The van der Waals surface area contributed by atoms with Gasteiger partial charge in [0.05, 0.1) is 11.9 Å². The predicted octanol–water partition coefficient (Wildman–Crippen LogP) is 5.23. The molecule has 39 heavy (non-hydrogen) atoms. The molecule has 3 aromatic carbocycles. The SMILES string of the molecule is CCCNC(=O)[C@H](Cc1ccccc1)N(Cc1c(Cl)cccc1Cl)C(=O)CN(c1ccc(C)cc1)S(C)(=O)=O. The van der Waals surface area contributed by atoms with Gasteiger partial charge in [0.2, 0.25) is 21.8 Å². The van der Waals surface area contributed by atoms with Crippen molar-refractivity contribution >= 4 is 50.7 Å². The van der Waals surface area contributed by atoms with Gasteiger partial charge in [-0.25, -0.2) is 8.42 Å². The normalized spacial score (nSPS) is 12.0. The van der Waals surface area contributed by atoms with Gasteiger partial charge < -0.3 is 10.2 Å². The molecule has 10 heteroatoms. The van der Waals surface area contributed by atoms with E-state index in [1.54, 1.807) is 42.5 Å². The number of hydrogen-bond acceptors (Lipinski definition) is 4. The number of halogens is 2. The number of nitrogens with one attached hydrogen (secondary N) is 1. The van der Waals surface area contributed by atoms with E-state index in [1.165, 1.54) is 4.90 Å². The van der Waals surface area contributed by atoms with Crippen molar-refractivity contribution in [3.8, 4) is 0 Å². The van der Waals surface area contributed by atoms with E-state index in [1.807, 2.05) is 44.2 Å². The van der Waals surface area contributed by atoms with Crippen molar-refractivity contribution in [3.63, 3.8) is 0 Å². The third-order valence-electron chi connectivity index (χ3n) is 6.21. The Morgan fingerprint density at radius 3 is 2.10 bits per heavy atom. The van der Waals surface area contributed by atoms with Gasteiger partial charge in [0.1, 0.15) is 12.6 Å². The van der Waals surface area contributed by atoms with Crippen LogP contribution in [0.2, 0.25) is 10.0 Å². The molecule has 2 amide bonds. The lowest BCUT2D eigenvalue weighted by molar-refractivity contribution is -0.140. The summed E-state index contributed by atoms with van der Waals surface area (Å²) in [5, 5.41) is 3.57. The predicted molar refractivity (Wildman–Crippen MR) is 158 cm³/mol. The van der Waals surface area contributed by atoms with Crippen molar-refractivity contribution in [2.75, 3.05) is 23.7 Å². The van der Waals surface area contributed by atoms with Gasteiger partial charge >= 0.3 is 0 Å². The Kier molecular flexibility index (Phi) is 10.8. The topological polar surface area (TPSA) is 86.8 Å². The summed E-state index contributed by atoms with van der Waals surface area (Å²) in [6.07, 6.45) is 1.97. The zero-order chi connectivity index (χ0) is 28.6. The van der Waals surface area contributed by atoms with E-state index in [-0.39, 0.29) is 18.9 Å². The maximum atomic E-state index is 14.0. The van der Waals surface area contributed by atoms with Crippen molar-refractivity contribution < 1.29 is 18.0 Å². The first-order valence-corrected chi connectivity index (χ1v) is 15.2. The fourth-order valence-corrected chi connectivity index (χ4v) is 5.47. The number of carbonyl (C=O) groups excluding carboxylic acids is 2. The molecule has 3 rings (SSSR count). The number of rotatable bonds is 12. The Bertz CT molecular complexity index is 1360. The van der Waals surface area contributed by atoms with Crippen molar-refractivity contribution in [2.45, 2.75) is 39.3 Å². The van der Waals surface area contributed by atoms with E-state index >= 15 is 0 Å². The average Bonchev–Trinajstić information content (AvgIpc) is 2.89. The van der Waals surface area contributed by atoms with E-state index in [0.29, 0.717) is 34.3 Å². The summed E-state index contributed by atoms with van der Waals surface area (Å²) in [7, 11) is -3.83. The molecule has 0 saturated heterocycles. The van der Waals surface area contributed by atoms with E-state index in [0.717, 1.165) is 21.7 Å². The second-order valence-corrected chi connectivity index (χ2v) is 12.0. The molecule has 3 aromatic rings. The van der Waals surface area contributed by atoms with Crippen LogP contribution in [0.15, 0.2) is 72.8 Å². The Balaban J connectivity index is 2.08. The molecule has 1 atom stereocenters. The second kappa shape index (κ2) is 13.8. The van der Waals surface area contributed by atoms with E-state index in [4.69, 9.17) is 23.2 Å². The number of aryl methyl sites for hydroxylation is 1. The van der Waals surface area contributed by atoms with Gasteiger partial charge in [-0.15, -0.1) is 0 Å². The third kappa shape index (κ3) is 8.46. The average molecular weight is 591 g/mol. The number of benzene rings is 3. The standard InChI is InChI=1S/C29H33Cl2N3O4S/c1-4-17-32-29(36)27(18-22-9-6-5-7-10-22)33(19-24-25(30)11-8-12-26(24)31)28(35)20-34(39(3,37)38)23-15-13-21(2)14-16-23/h5-16,27H,4,17-20H2,1-3H3,(H,32,36)/t27-/m0/s1. The van der Waals surface area contributed by atoms with Crippen molar-refractivity contribution in [3.05, 3.63) is 99.5 Å². The number of anilines is 1. The zero-order valence-electron chi connectivity index (χ0n) is 22.2. The summed E-state index contributed by atoms with van der Waals surface area (Å²) < 4.78 is 26.7. The summed E-state index contributed by atoms with van der Waals surface area (Å²) in [5.41, 5.74) is 2.61. The van der Waals surface area contributed by atoms with Gasteiger partial charge in [-0.2, -0.15) is 0 Å². The van der Waals surface area contributed by atoms with Crippen molar-refractivity contribution in [2.24, 2.45) is 0 Å². The number of nitrogens with zero attached hydrogens (tertiary/aromatic N) is 2. The molecule has 0 aliphatic heterocycles. The number of sulfonamides is 1. The van der Waals surface area contributed by atoms with Gasteiger partial charge in [-0.05, 0) is 43.2 Å². The number of amides is 2. The number of hydrogen-bond donors (Lipinski definition) is 1. The maximum Gasteiger partial charge on any atom is 0.244 e. The first-order chi connectivity index (χ1) is 18.5. The summed E-state index contributed by atoms with van der Waals surface area (Å²) in [6.45, 7) is 3.66. The lowest BCUT2D eigenvalue weighted by atomic mass is 10.0. The molecule has 0 aliphatic carbocycles. The smallest absolute Gasteiger partial charge is 0.244 e. The lowest BCUT2D eigenvalue weighted by Gasteiger charge is -2.34. The van der Waals surface area contributed by atoms with Crippen molar-refractivity contribution in [1.29, 1.82) is 0 Å². The summed E-state index contributed by atoms with van der Waals surface area (Å²) >= 11 is 12.9. The molecule has 0 bridgehead atoms. The minimum Gasteiger partial charge on any atom is -0.354 e. The Labute approximate surface area is 240 Å². The van der Waals surface area contributed by atoms with Gasteiger partial charge in [0.15, 0.2) is 0 Å². The third-order valence-corrected chi connectivity index (χ3v) is 8.06. The molecular weight excluding hydrogens is 557 g/mol. The van der Waals surface area contributed by atoms with Crippen LogP contribution in [0.25, 0.3) is 0 Å². The van der Waals surface area contributed by atoms with Crippen LogP contribution in [0.1, 0.15) is 30.0 Å². The van der Waals surface area contributed by atoms with Crippen LogP contribution in [-0.2, 0) is 32.6 Å². The van der Waals surface area contributed by atoms with Crippen LogP contribution >= 0.6 is 23.2 Å². The first-order valence-electron chi connectivity index (χ1n) is 12.6. The molecule has 1 N–H and O–H groups in total. The molecule has 0 aromatic heterocycles. The minimum atomic E-state index is -3.83. The molecule has 0 heterocycles.